The molecule has 1 aliphatic carbocycles. The number of nitrogens with two attached hydrogens (primary N) is 1. The van der Waals surface area contributed by atoms with Gasteiger partial charge in [0.25, 0.3) is 0 Å². The molecule has 0 aromatic heterocycles. The molecule has 0 radical (unpaired) electrons. The molecule has 1 atom stereocenters. The third kappa shape index (κ3) is 5.25. The van der Waals surface area contributed by atoms with Crippen LogP contribution in [0.15, 0.2) is 0 Å². The van der Waals surface area contributed by atoms with Gasteiger partial charge in [-0.2, -0.15) is 13.2 Å². The highest BCUT2D eigenvalue weighted by atomic mass is 19.4. The van der Waals surface area contributed by atoms with Gasteiger partial charge >= 0.3 is 6.18 Å². The Morgan fingerprint density at radius 2 is 1.82 bits per heavy atom. The molecule has 102 valence electrons. The van der Waals surface area contributed by atoms with E-state index in [9.17, 15) is 13.2 Å². The zero-order valence-electron chi connectivity index (χ0n) is 10.5. The first-order chi connectivity index (χ1) is 7.93. The summed E-state index contributed by atoms with van der Waals surface area (Å²) >= 11 is 0. The Balaban J connectivity index is 2.34. The third-order valence-corrected chi connectivity index (χ3v) is 3.57. The Morgan fingerprint density at radius 1 is 1.24 bits per heavy atom. The maximum Gasteiger partial charge on any atom is 0.394 e. The van der Waals surface area contributed by atoms with Crippen molar-refractivity contribution in [2.45, 2.75) is 38.3 Å². The summed E-state index contributed by atoms with van der Waals surface area (Å²) in [5.74, 6) is -0.823. The van der Waals surface area contributed by atoms with Crippen molar-refractivity contribution in [1.82, 2.24) is 4.90 Å². The fourth-order valence-electron chi connectivity index (χ4n) is 2.57. The van der Waals surface area contributed by atoms with Gasteiger partial charge in [-0.05, 0) is 25.8 Å². The van der Waals surface area contributed by atoms with E-state index < -0.39 is 12.1 Å². The van der Waals surface area contributed by atoms with Crippen LogP contribution >= 0.6 is 0 Å². The van der Waals surface area contributed by atoms with Crippen LogP contribution in [0.1, 0.15) is 32.1 Å². The molecule has 1 aliphatic rings. The summed E-state index contributed by atoms with van der Waals surface area (Å²) in [5.41, 5.74) is 5.19. The number of hydrogen-bond donors (Lipinski definition) is 1. The van der Waals surface area contributed by atoms with Gasteiger partial charge in [0.05, 0.1) is 5.92 Å². The van der Waals surface area contributed by atoms with Crippen LogP contribution in [0, 0.1) is 11.8 Å². The Kier molecular flexibility index (Phi) is 5.73. The van der Waals surface area contributed by atoms with Gasteiger partial charge in [-0.25, -0.2) is 0 Å². The Bertz CT molecular complexity index is 212. The summed E-state index contributed by atoms with van der Waals surface area (Å²) < 4.78 is 37.7. The molecule has 0 aromatic carbocycles. The second kappa shape index (κ2) is 6.59. The summed E-state index contributed by atoms with van der Waals surface area (Å²) in [6, 6.07) is 0. The average molecular weight is 252 g/mol. The average Bonchev–Trinajstić information content (AvgIpc) is 2.25. The van der Waals surface area contributed by atoms with Gasteiger partial charge in [0.2, 0.25) is 0 Å². The van der Waals surface area contributed by atoms with Crippen LogP contribution in [0.5, 0.6) is 0 Å². The molecule has 0 aliphatic heterocycles. The van der Waals surface area contributed by atoms with Gasteiger partial charge in [0, 0.05) is 19.6 Å². The quantitative estimate of drug-likeness (QED) is 0.815. The van der Waals surface area contributed by atoms with E-state index in [-0.39, 0.29) is 13.1 Å². The lowest BCUT2D eigenvalue weighted by molar-refractivity contribution is -0.175. The number of alkyl halides is 3. The lowest BCUT2D eigenvalue weighted by atomic mass is 9.89. The minimum absolute atomic E-state index is 0.0243. The summed E-state index contributed by atoms with van der Waals surface area (Å²) in [6.45, 7) is 0.474. The van der Waals surface area contributed by atoms with E-state index in [2.05, 4.69) is 0 Å². The SMILES string of the molecule is CN(CC1CCCCC1)CC(CN)C(F)(F)F. The molecule has 0 amide bonds. The second-order valence-electron chi connectivity index (χ2n) is 5.20. The smallest absolute Gasteiger partial charge is 0.330 e. The van der Waals surface area contributed by atoms with Crippen molar-refractivity contribution >= 4 is 0 Å². The van der Waals surface area contributed by atoms with Gasteiger partial charge in [-0.3, -0.25) is 0 Å². The second-order valence-corrected chi connectivity index (χ2v) is 5.20. The Morgan fingerprint density at radius 3 is 2.29 bits per heavy atom. The van der Waals surface area contributed by atoms with Crippen molar-refractivity contribution < 1.29 is 13.2 Å². The standard InChI is InChI=1S/C12H23F3N2/c1-17(8-10-5-3-2-4-6-10)9-11(7-16)12(13,14)15/h10-11H,2-9,16H2,1H3. The Hall–Kier alpha value is -0.290. The summed E-state index contributed by atoms with van der Waals surface area (Å²) in [4.78, 5) is 1.79. The molecule has 1 saturated carbocycles. The zero-order valence-corrected chi connectivity index (χ0v) is 10.5. The molecule has 1 unspecified atom stereocenters. The number of nitrogens with zero attached hydrogens (tertiary/aromatic N) is 1. The van der Waals surface area contributed by atoms with Crippen molar-refractivity contribution in [2.75, 3.05) is 26.7 Å². The molecule has 0 saturated heterocycles. The molecule has 2 N–H and O–H groups in total. The summed E-state index contributed by atoms with van der Waals surface area (Å²) in [5, 5.41) is 0. The van der Waals surface area contributed by atoms with Crippen molar-refractivity contribution in [1.29, 1.82) is 0 Å². The fourth-order valence-corrected chi connectivity index (χ4v) is 2.57. The Labute approximate surface area is 101 Å². The maximum absolute atomic E-state index is 12.6. The molecule has 17 heavy (non-hydrogen) atoms. The molecule has 5 heteroatoms. The van der Waals surface area contributed by atoms with Gasteiger partial charge in [-0.15, -0.1) is 0 Å². The largest absolute Gasteiger partial charge is 0.394 e. The van der Waals surface area contributed by atoms with Crippen molar-refractivity contribution in [3.8, 4) is 0 Å². The van der Waals surface area contributed by atoms with Crippen molar-refractivity contribution in [2.24, 2.45) is 17.6 Å². The molecular formula is C12H23F3N2. The van der Waals surface area contributed by atoms with Gasteiger partial charge in [-0.1, -0.05) is 19.3 Å². The normalized spacial score (nSPS) is 20.8. The predicted molar refractivity (Wildman–Crippen MR) is 62.7 cm³/mol. The third-order valence-electron chi connectivity index (χ3n) is 3.57. The minimum atomic E-state index is -4.17. The summed E-state index contributed by atoms with van der Waals surface area (Å²) in [7, 11) is 1.77. The highest BCUT2D eigenvalue weighted by Gasteiger charge is 2.39. The topological polar surface area (TPSA) is 29.3 Å². The van der Waals surface area contributed by atoms with Gasteiger partial charge in [0.15, 0.2) is 0 Å². The van der Waals surface area contributed by atoms with E-state index in [1.165, 1.54) is 19.3 Å². The first-order valence-electron chi connectivity index (χ1n) is 6.38. The monoisotopic (exact) mass is 252 g/mol. The fraction of sp³-hybridized carbons (Fsp3) is 1.00. The highest BCUT2D eigenvalue weighted by molar-refractivity contribution is 4.75. The molecule has 0 spiro atoms. The molecule has 0 heterocycles. The first kappa shape index (κ1) is 14.8. The minimum Gasteiger partial charge on any atom is -0.330 e. The number of rotatable bonds is 5. The molecule has 2 nitrogen and oxygen atoms in total. The highest BCUT2D eigenvalue weighted by Crippen LogP contribution is 2.28. The molecule has 1 rings (SSSR count). The van der Waals surface area contributed by atoms with Crippen LogP contribution in [0.2, 0.25) is 0 Å². The number of halogens is 3. The predicted octanol–water partition coefficient (Wildman–Crippen LogP) is 2.64. The molecule has 1 fully saturated rings. The van der Waals surface area contributed by atoms with E-state index in [0.717, 1.165) is 19.4 Å². The lowest BCUT2D eigenvalue weighted by Gasteiger charge is -2.30. The van der Waals surface area contributed by atoms with Crippen LogP contribution in [-0.2, 0) is 0 Å². The zero-order chi connectivity index (χ0) is 12.9. The summed E-state index contributed by atoms with van der Waals surface area (Å²) in [6.07, 6.45) is 1.85. The van der Waals surface area contributed by atoms with Crippen LogP contribution in [0.25, 0.3) is 0 Å². The van der Waals surface area contributed by atoms with Gasteiger partial charge in [0.1, 0.15) is 0 Å². The van der Waals surface area contributed by atoms with E-state index in [4.69, 9.17) is 5.73 Å². The van der Waals surface area contributed by atoms with Crippen molar-refractivity contribution in [3.05, 3.63) is 0 Å². The van der Waals surface area contributed by atoms with Crippen molar-refractivity contribution in [3.63, 3.8) is 0 Å². The van der Waals surface area contributed by atoms with Crippen LogP contribution in [0.4, 0.5) is 13.2 Å². The van der Waals surface area contributed by atoms with Crippen LogP contribution in [-0.4, -0.2) is 37.8 Å². The van der Waals surface area contributed by atoms with Gasteiger partial charge < -0.3 is 10.6 Å². The van der Waals surface area contributed by atoms with Crippen LogP contribution < -0.4 is 5.73 Å². The van der Waals surface area contributed by atoms with E-state index in [0.29, 0.717) is 5.92 Å². The first-order valence-corrected chi connectivity index (χ1v) is 6.38. The van der Waals surface area contributed by atoms with E-state index in [1.54, 1.807) is 11.9 Å². The molecule has 0 bridgehead atoms. The van der Waals surface area contributed by atoms with E-state index in [1.807, 2.05) is 0 Å². The van der Waals surface area contributed by atoms with Crippen LogP contribution in [0.3, 0.4) is 0 Å². The maximum atomic E-state index is 12.6. The lowest BCUT2D eigenvalue weighted by Crippen LogP contribution is -2.41. The molecule has 0 aromatic rings. The molecular weight excluding hydrogens is 229 g/mol. The van der Waals surface area contributed by atoms with E-state index >= 15 is 0 Å². The number of hydrogen-bond acceptors (Lipinski definition) is 2.